The molecule has 0 saturated carbocycles. The van der Waals surface area contributed by atoms with Crippen LogP contribution in [0, 0.1) is 18.6 Å². The molecule has 2 fully saturated rings. The maximum Gasteiger partial charge on any atom is 0.352 e. The van der Waals surface area contributed by atoms with Gasteiger partial charge in [0.1, 0.15) is 11.6 Å². The van der Waals surface area contributed by atoms with Gasteiger partial charge in [-0.15, -0.1) is 0 Å². The van der Waals surface area contributed by atoms with Crippen molar-refractivity contribution in [3.05, 3.63) is 64.7 Å². The molecule has 2 aliphatic heterocycles. The van der Waals surface area contributed by atoms with Gasteiger partial charge in [0.05, 0.1) is 5.56 Å². The number of amides is 2. The Bertz CT molecular complexity index is 1020. The number of aryl methyl sites for hydroxylation is 1. The van der Waals surface area contributed by atoms with Gasteiger partial charge in [-0.05, 0) is 81.0 Å². The number of piperidine rings is 1. The lowest BCUT2D eigenvalue weighted by Crippen LogP contribution is -2.50. The van der Waals surface area contributed by atoms with E-state index in [-0.39, 0.29) is 23.3 Å². The second-order valence-electron chi connectivity index (χ2n) is 8.22. The summed E-state index contributed by atoms with van der Waals surface area (Å²) in [4.78, 5) is 26.5. The first-order chi connectivity index (χ1) is 14.7. The van der Waals surface area contributed by atoms with Crippen LogP contribution in [0.25, 0.3) is 0 Å². The number of nitrogens with zero attached hydrogens (tertiary/aromatic N) is 1. The van der Waals surface area contributed by atoms with E-state index in [1.807, 2.05) is 0 Å². The van der Waals surface area contributed by atoms with Crippen LogP contribution < -0.4 is 5.32 Å². The van der Waals surface area contributed by atoms with Crippen molar-refractivity contribution >= 4 is 17.5 Å². The molecule has 2 atom stereocenters. The fourth-order valence-corrected chi connectivity index (χ4v) is 4.56. The van der Waals surface area contributed by atoms with E-state index in [0.717, 1.165) is 18.6 Å². The highest BCUT2D eigenvalue weighted by Crippen LogP contribution is 2.41. The number of carbonyl (C=O) groups excluding carboxylic acids is 2. The fraction of sp³-hybridized carbons (Fsp3) is 0.391. The van der Waals surface area contributed by atoms with Gasteiger partial charge in [0, 0.05) is 23.3 Å². The molecule has 2 bridgehead atoms. The Morgan fingerprint density at radius 3 is 2.26 bits per heavy atom. The van der Waals surface area contributed by atoms with Gasteiger partial charge in [-0.25, -0.2) is 8.78 Å². The van der Waals surface area contributed by atoms with E-state index in [0.29, 0.717) is 37.3 Å². The first-order valence-electron chi connectivity index (χ1n) is 10.3. The second-order valence-corrected chi connectivity index (χ2v) is 8.22. The number of carbonyl (C=O) groups is 2. The molecule has 2 aliphatic rings. The molecule has 2 aromatic rings. The smallest absolute Gasteiger partial charge is 0.331 e. The summed E-state index contributed by atoms with van der Waals surface area (Å²) in [5.41, 5.74) is -0.786. The Hall–Kier alpha value is -2.90. The van der Waals surface area contributed by atoms with Crippen molar-refractivity contribution in [1.82, 2.24) is 4.90 Å². The summed E-state index contributed by atoms with van der Waals surface area (Å²) in [6.07, 6.45) is 3.57. The predicted molar refractivity (Wildman–Crippen MR) is 107 cm³/mol. The van der Waals surface area contributed by atoms with Crippen LogP contribution >= 0.6 is 0 Å². The Balaban J connectivity index is 1.60. The van der Waals surface area contributed by atoms with Crippen LogP contribution in [0.1, 0.15) is 53.6 Å². The molecule has 2 heterocycles. The van der Waals surface area contributed by atoms with E-state index in [9.17, 15) is 18.4 Å². The minimum Gasteiger partial charge on any atom is -0.331 e. The van der Waals surface area contributed by atoms with Crippen molar-refractivity contribution in [3.8, 4) is 0 Å². The first kappa shape index (κ1) is 21.3. The molecule has 2 amide bonds. The molecular formula is C23H22F4N2O2. The largest absolute Gasteiger partial charge is 0.352 e. The SMILES string of the molecule is Cc1cc(NC(=O)c2ccc(F)c(C(F)(F)C(=O)N3C4CCCC3CC4)c2)ccc1F. The number of hydrogen-bond acceptors (Lipinski definition) is 2. The average Bonchev–Trinajstić information content (AvgIpc) is 2.98. The third-order valence-corrected chi connectivity index (χ3v) is 6.18. The van der Waals surface area contributed by atoms with Gasteiger partial charge < -0.3 is 10.2 Å². The molecular weight excluding hydrogens is 412 g/mol. The Labute approximate surface area is 177 Å². The Morgan fingerprint density at radius 2 is 1.61 bits per heavy atom. The number of fused-ring (bicyclic) bond motifs is 2. The molecule has 0 aromatic heterocycles. The quantitative estimate of drug-likeness (QED) is 0.676. The zero-order chi connectivity index (χ0) is 22.3. The van der Waals surface area contributed by atoms with Crippen LogP contribution in [-0.2, 0) is 10.7 Å². The minimum atomic E-state index is -4.09. The minimum absolute atomic E-state index is 0.229. The van der Waals surface area contributed by atoms with Gasteiger partial charge in [0.2, 0.25) is 0 Å². The topological polar surface area (TPSA) is 49.4 Å². The molecule has 2 saturated heterocycles. The summed E-state index contributed by atoms with van der Waals surface area (Å²) in [6.45, 7) is 1.51. The maximum absolute atomic E-state index is 15.1. The average molecular weight is 434 g/mol. The van der Waals surface area contributed by atoms with Gasteiger partial charge in [-0.2, -0.15) is 8.78 Å². The van der Waals surface area contributed by atoms with Crippen LogP contribution in [0.5, 0.6) is 0 Å². The number of halogens is 4. The molecule has 8 heteroatoms. The number of benzene rings is 2. The van der Waals surface area contributed by atoms with Gasteiger partial charge in [0.25, 0.3) is 11.8 Å². The summed E-state index contributed by atoms with van der Waals surface area (Å²) >= 11 is 0. The monoisotopic (exact) mass is 434 g/mol. The van der Waals surface area contributed by atoms with E-state index in [1.54, 1.807) is 0 Å². The van der Waals surface area contributed by atoms with Crippen molar-refractivity contribution in [1.29, 1.82) is 0 Å². The highest BCUT2D eigenvalue weighted by atomic mass is 19.3. The maximum atomic E-state index is 15.1. The lowest BCUT2D eigenvalue weighted by Gasteiger charge is -2.37. The lowest BCUT2D eigenvalue weighted by molar-refractivity contribution is -0.164. The number of hydrogen-bond donors (Lipinski definition) is 1. The van der Waals surface area contributed by atoms with Crippen molar-refractivity contribution in [2.75, 3.05) is 5.32 Å². The standard InChI is InChI=1S/C23H22F4N2O2/c1-13-11-15(6-10-19(13)24)28-21(30)14-5-9-20(25)18(12-14)23(26,27)22(31)29-16-3-2-4-17(29)8-7-16/h5-6,9-12,16-17H,2-4,7-8H2,1H3,(H,28,30). The van der Waals surface area contributed by atoms with Gasteiger partial charge in [-0.1, -0.05) is 0 Å². The first-order valence-corrected chi connectivity index (χ1v) is 10.3. The van der Waals surface area contributed by atoms with E-state index in [1.165, 1.54) is 30.0 Å². The molecule has 0 radical (unpaired) electrons. The van der Waals surface area contributed by atoms with Gasteiger partial charge in [0.15, 0.2) is 0 Å². The summed E-state index contributed by atoms with van der Waals surface area (Å²) in [5, 5.41) is 2.47. The Kier molecular flexibility index (Phi) is 5.49. The van der Waals surface area contributed by atoms with Crippen LogP contribution in [0.4, 0.5) is 23.2 Å². The highest BCUT2D eigenvalue weighted by Gasteiger charge is 2.52. The molecule has 4 nitrogen and oxygen atoms in total. The molecule has 31 heavy (non-hydrogen) atoms. The van der Waals surface area contributed by atoms with Crippen molar-refractivity contribution < 1.29 is 27.2 Å². The van der Waals surface area contributed by atoms with Gasteiger partial charge in [-0.3, -0.25) is 9.59 Å². The van der Waals surface area contributed by atoms with Crippen molar-refractivity contribution in [2.24, 2.45) is 0 Å². The molecule has 2 unspecified atom stereocenters. The van der Waals surface area contributed by atoms with E-state index >= 15 is 8.78 Å². The van der Waals surface area contributed by atoms with Crippen molar-refractivity contribution in [2.45, 2.75) is 57.0 Å². The number of rotatable bonds is 4. The van der Waals surface area contributed by atoms with Crippen LogP contribution in [0.15, 0.2) is 36.4 Å². The summed E-state index contributed by atoms with van der Waals surface area (Å²) in [5.74, 6) is -7.98. The van der Waals surface area contributed by atoms with E-state index in [2.05, 4.69) is 5.32 Å². The summed E-state index contributed by atoms with van der Waals surface area (Å²) in [6, 6.07) is 5.94. The van der Waals surface area contributed by atoms with E-state index < -0.39 is 34.9 Å². The highest BCUT2D eigenvalue weighted by molar-refractivity contribution is 6.04. The van der Waals surface area contributed by atoms with Crippen molar-refractivity contribution in [3.63, 3.8) is 0 Å². The number of nitrogens with one attached hydrogen (secondary N) is 1. The third-order valence-electron chi connectivity index (χ3n) is 6.18. The number of anilines is 1. The second kappa shape index (κ2) is 7.98. The molecule has 4 rings (SSSR count). The molecule has 1 N–H and O–H groups in total. The molecule has 0 spiro atoms. The molecule has 0 aliphatic carbocycles. The van der Waals surface area contributed by atoms with Crippen LogP contribution in [-0.4, -0.2) is 28.8 Å². The molecule has 164 valence electrons. The predicted octanol–water partition coefficient (Wildman–Crippen LogP) is 5.16. The van der Waals surface area contributed by atoms with E-state index in [4.69, 9.17) is 0 Å². The summed E-state index contributed by atoms with van der Waals surface area (Å²) in [7, 11) is 0. The summed E-state index contributed by atoms with van der Waals surface area (Å²) < 4.78 is 58.0. The molecule has 2 aromatic carbocycles. The zero-order valence-corrected chi connectivity index (χ0v) is 16.9. The fourth-order valence-electron chi connectivity index (χ4n) is 4.56. The van der Waals surface area contributed by atoms with Crippen LogP contribution in [0.3, 0.4) is 0 Å². The van der Waals surface area contributed by atoms with Crippen LogP contribution in [0.2, 0.25) is 0 Å². The number of alkyl halides is 2. The lowest BCUT2D eigenvalue weighted by atomic mass is 9.98. The zero-order valence-electron chi connectivity index (χ0n) is 16.9. The van der Waals surface area contributed by atoms with Gasteiger partial charge >= 0.3 is 5.92 Å². The Morgan fingerprint density at radius 1 is 0.968 bits per heavy atom. The normalized spacial score (nSPS) is 20.6. The third kappa shape index (κ3) is 3.91.